The Kier molecular flexibility index (Phi) is 1.45. The number of rotatable bonds is 1. The van der Waals surface area contributed by atoms with Gasteiger partial charge in [0.2, 0.25) is 0 Å². The quantitative estimate of drug-likeness (QED) is 0.668. The van der Waals surface area contributed by atoms with Crippen molar-refractivity contribution in [3.63, 3.8) is 0 Å². The molecule has 2 aromatic heterocycles. The predicted molar refractivity (Wildman–Crippen MR) is 46.6 cm³/mol. The number of carboxylic acid groups (broad SMARTS) is 1. The van der Waals surface area contributed by atoms with Crippen LogP contribution in [0.5, 0.6) is 0 Å². The molecule has 0 bridgehead atoms. The Morgan fingerprint density at radius 1 is 1.54 bits per heavy atom. The van der Waals surface area contributed by atoms with Crippen LogP contribution in [0.4, 0.5) is 5.69 Å². The second-order valence-corrected chi connectivity index (χ2v) is 2.65. The number of hydrogen-bond donors (Lipinski definition) is 2. The third-order valence-corrected chi connectivity index (χ3v) is 1.76. The number of nitrogens with zero attached hydrogens (tertiary/aromatic N) is 2. The zero-order valence-electron chi connectivity index (χ0n) is 6.64. The van der Waals surface area contributed by atoms with Crippen LogP contribution in [0.25, 0.3) is 5.52 Å². The first-order valence-corrected chi connectivity index (χ1v) is 3.64. The Hall–Kier alpha value is -2.04. The van der Waals surface area contributed by atoms with Crippen molar-refractivity contribution in [3.05, 3.63) is 30.4 Å². The lowest BCUT2D eigenvalue weighted by Gasteiger charge is -1.95. The molecule has 0 radical (unpaired) electrons. The summed E-state index contributed by atoms with van der Waals surface area (Å²) < 4.78 is 1.58. The second-order valence-electron chi connectivity index (χ2n) is 2.65. The van der Waals surface area contributed by atoms with E-state index in [9.17, 15) is 4.79 Å². The molecule has 5 heteroatoms. The van der Waals surface area contributed by atoms with Crippen LogP contribution in [0, 0.1) is 0 Å². The minimum absolute atomic E-state index is 0.0417. The molecule has 0 aliphatic carbocycles. The lowest BCUT2D eigenvalue weighted by Crippen LogP contribution is -1.97. The number of carboxylic acids is 1. The summed E-state index contributed by atoms with van der Waals surface area (Å²) in [5.41, 5.74) is 6.67. The Labute approximate surface area is 73.4 Å². The van der Waals surface area contributed by atoms with E-state index in [0.717, 1.165) is 0 Å². The molecule has 0 saturated heterocycles. The molecule has 2 rings (SSSR count). The van der Waals surface area contributed by atoms with Crippen molar-refractivity contribution in [1.29, 1.82) is 0 Å². The average molecular weight is 177 g/mol. The van der Waals surface area contributed by atoms with Gasteiger partial charge in [-0.2, -0.15) is 0 Å². The SMILES string of the molecule is Nc1ccc2c(C(=O)O)ncn2c1. The van der Waals surface area contributed by atoms with Gasteiger partial charge in [-0.15, -0.1) is 0 Å². The Balaban J connectivity index is 2.76. The molecule has 0 aliphatic rings. The number of aromatic carboxylic acids is 1. The van der Waals surface area contributed by atoms with Crippen molar-refractivity contribution in [2.45, 2.75) is 0 Å². The summed E-state index contributed by atoms with van der Waals surface area (Å²) in [6.07, 6.45) is 3.05. The monoisotopic (exact) mass is 177 g/mol. The molecule has 3 N–H and O–H groups in total. The van der Waals surface area contributed by atoms with Gasteiger partial charge in [0.05, 0.1) is 5.52 Å². The normalized spacial score (nSPS) is 10.5. The molecule has 5 nitrogen and oxygen atoms in total. The second kappa shape index (κ2) is 2.48. The third-order valence-electron chi connectivity index (χ3n) is 1.76. The first kappa shape index (κ1) is 7.60. The van der Waals surface area contributed by atoms with E-state index in [4.69, 9.17) is 10.8 Å². The number of pyridine rings is 1. The fraction of sp³-hybridized carbons (Fsp3) is 0. The fourth-order valence-electron chi connectivity index (χ4n) is 1.18. The predicted octanol–water partition coefficient (Wildman–Crippen LogP) is 0.615. The first-order valence-electron chi connectivity index (χ1n) is 3.64. The van der Waals surface area contributed by atoms with Crippen LogP contribution in [0.1, 0.15) is 10.5 Å². The van der Waals surface area contributed by atoms with E-state index in [1.807, 2.05) is 0 Å². The van der Waals surface area contributed by atoms with E-state index in [0.29, 0.717) is 11.2 Å². The van der Waals surface area contributed by atoms with Crippen molar-refractivity contribution in [3.8, 4) is 0 Å². The summed E-state index contributed by atoms with van der Waals surface area (Å²) in [5.74, 6) is -1.03. The molecular weight excluding hydrogens is 170 g/mol. The molecule has 66 valence electrons. The van der Waals surface area contributed by atoms with Crippen LogP contribution in [0.15, 0.2) is 24.7 Å². The molecule has 2 heterocycles. The van der Waals surface area contributed by atoms with Crippen molar-refractivity contribution >= 4 is 17.2 Å². The molecular formula is C8H7N3O2. The van der Waals surface area contributed by atoms with Crippen LogP contribution < -0.4 is 5.73 Å². The maximum absolute atomic E-state index is 10.7. The van der Waals surface area contributed by atoms with E-state index in [-0.39, 0.29) is 5.69 Å². The van der Waals surface area contributed by atoms with E-state index in [1.54, 1.807) is 22.7 Å². The van der Waals surface area contributed by atoms with Gasteiger partial charge in [0.15, 0.2) is 5.69 Å². The molecule has 0 aliphatic heterocycles. The van der Waals surface area contributed by atoms with Gasteiger partial charge in [-0.05, 0) is 12.1 Å². The van der Waals surface area contributed by atoms with E-state index >= 15 is 0 Å². The van der Waals surface area contributed by atoms with Crippen LogP contribution in [0.3, 0.4) is 0 Å². The Morgan fingerprint density at radius 3 is 3.00 bits per heavy atom. The molecule has 0 spiro atoms. The highest BCUT2D eigenvalue weighted by Gasteiger charge is 2.10. The standard InChI is InChI=1S/C8H7N3O2/c9-5-1-2-6-7(8(12)13)10-4-11(6)3-5/h1-4H,9H2,(H,12,13). The summed E-state index contributed by atoms with van der Waals surface area (Å²) in [6, 6.07) is 3.27. The summed E-state index contributed by atoms with van der Waals surface area (Å²) in [5, 5.41) is 8.73. The van der Waals surface area contributed by atoms with Crippen LogP contribution >= 0.6 is 0 Å². The lowest BCUT2D eigenvalue weighted by molar-refractivity contribution is 0.0693. The number of fused-ring (bicyclic) bond motifs is 1. The number of carbonyl (C=O) groups is 1. The summed E-state index contributed by atoms with van der Waals surface area (Å²) in [6.45, 7) is 0. The highest BCUT2D eigenvalue weighted by atomic mass is 16.4. The molecule has 0 unspecified atom stereocenters. The van der Waals surface area contributed by atoms with Crippen molar-refractivity contribution in [2.75, 3.05) is 5.73 Å². The number of imidazole rings is 1. The topological polar surface area (TPSA) is 80.6 Å². The number of aromatic nitrogens is 2. The molecule has 0 fully saturated rings. The van der Waals surface area contributed by atoms with E-state index in [2.05, 4.69) is 4.98 Å². The number of nitrogen functional groups attached to an aromatic ring is 1. The highest BCUT2D eigenvalue weighted by molar-refractivity contribution is 5.93. The summed E-state index contributed by atoms with van der Waals surface area (Å²) in [4.78, 5) is 14.4. The average Bonchev–Trinajstić information content (AvgIpc) is 2.46. The summed E-state index contributed by atoms with van der Waals surface area (Å²) in [7, 11) is 0. The van der Waals surface area contributed by atoms with Gasteiger partial charge >= 0.3 is 5.97 Å². The number of hydrogen-bond acceptors (Lipinski definition) is 3. The molecule has 0 saturated carbocycles. The van der Waals surface area contributed by atoms with Gasteiger partial charge < -0.3 is 15.2 Å². The fourth-order valence-corrected chi connectivity index (χ4v) is 1.18. The van der Waals surface area contributed by atoms with Crippen molar-refractivity contribution in [2.24, 2.45) is 0 Å². The van der Waals surface area contributed by atoms with Gasteiger partial charge in [-0.25, -0.2) is 9.78 Å². The minimum atomic E-state index is -1.03. The van der Waals surface area contributed by atoms with E-state index < -0.39 is 5.97 Å². The van der Waals surface area contributed by atoms with Crippen LogP contribution in [0.2, 0.25) is 0 Å². The maximum Gasteiger partial charge on any atom is 0.356 e. The van der Waals surface area contributed by atoms with E-state index in [1.165, 1.54) is 6.33 Å². The highest BCUT2D eigenvalue weighted by Crippen LogP contribution is 2.11. The molecule has 0 amide bonds. The van der Waals surface area contributed by atoms with Gasteiger partial charge in [-0.1, -0.05) is 0 Å². The number of anilines is 1. The minimum Gasteiger partial charge on any atom is -0.476 e. The van der Waals surface area contributed by atoms with Gasteiger partial charge in [0, 0.05) is 11.9 Å². The first-order chi connectivity index (χ1) is 6.18. The number of nitrogens with two attached hydrogens (primary N) is 1. The Morgan fingerprint density at radius 2 is 2.31 bits per heavy atom. The maximum atomic E-state index is 10.7. The van der Waals surface area contributed by atoms with Gasteiger partial charge in [0.25, 0.3) is 0 Å². The molecule has 13 heavy (non-hydrogen) atoms. The molecule has 2 aromatic rings. The lowest BCUT2D eigenvalue weighted by atomic mass is 10.3. The van der Waals surface area contributed by atoms with Crippen molar-refractivity contribution in [1.82, 2.24) is 9.38 Å². The molecule has 0 atom stereocenters. The summed E-state index contributed by atoms with van der Waals surface area (Å²) >= 11 is 0. The smallest absolute Gasteiger partial charge is 0.356 e. The van der Waals surface area contributed by atoms with Gasteiger partial charge in [-0.3, -0.25) is 0 Å². The largest absolute Gasteiger partial charge is 0.476 e. The van der Waals surface area contributed by atoms with Crippen molar-refractivity contribution < 1.29 is 9.90 Å². The van der Waals surface area contributed by atoms with Gasteiger partial charge in [0.1, 0.15) is 6.33 Å². The zero-order valence-corrected chi connectivity index (χ0v) is 6.64. The third kappa shape index (κ3) is 1.10. The molecule has 0 aromatic carbocycles. The zero-order chi connectivity index (χ0) is 9.42. The van der Waals surface area contributed by atoms with Crippen LogP contribution in [-0.4, -0.2) is 20.5 Å². The van der Waals surface area contributed by atoms with Crippen LogP contribution in [-0.2, 0) is 0 Å². The Bertz CT molecular complexity index is 475.